The van der Waals surface area contributed by atoms with Gasteiger partial charge in [0.15, 0.2) is 5.90 Å². The minimum atomic E-state index is -0.131. The fourth-order valence-electron chi connectivity index (χ4n) is 1.16. The molecule has 1 aliphatic heterocycles. The van der Waals surface area contributed by atoms with E-state index >= 15 is 0 Å². The van der Waals surface area contributed by atoms with Crippen molar-refractivity contribution in [3.05, 3.63) is 0 Å². The van der Waals surface area contributed by atoms with Crippen molar-refractivity contribution in [2.24, 2.45) is 5.92 Å². The molecule has 1 atom stereocenters. The van der Waals surface area contributed by atoms with E-state index in [0.717, 1.165) is 13.0 Å². The maximum atomic E-state index is 7.52. The van der Waals surface area contributed by atoms with Gasteiger partial charge >= 0.3 is 0 Å². The van der Waals surface area contributed by atoms with Gasteiger partial charge in [0.2, 0.25) is 0 Å². The van der Waals surface area contributed by atoms with E-state index in [-0.39, 0.29) is 11.8 Å². The maximum absolute atomic E-state index is 7.52. The van der Waals surface area contributed by atoms with Crippen LogP contribution in [0.4, 0.5) is 0 Å². The Labute approximate surface area is 66.0 Å². The Kier molecular flexibility index (Phi) is 2.59. The first kappa shape index (κ1) is 8.20. The molecular weight excluding hydrogens is 142 g/mol. The van der Waals surface area contributed by atoms with E-state index in [2.05, 4.69) is 5.32 Å². The van der Waals surface area contributed by atoms with E-state index < -0.39 is 0 Å². The summed E-state index contributed by atoms with van der Waals surface area (Å²) in [6.07, 6.45) is 0.733. The lowest BCUT2D eigenvalue weighted by Gasteiger charge is -2.23. The molecule has 0 radical (unpaired) electrons. The van der Waals surface area contributed by atoms with E-state index in [1.807, 2.05) is 0 Å². The van der Waals surface area contributed by atoms with Crippen molar-refractivity contribution >= 4 is 11.6 Å². The number of methoxy groups -OCH3 is 1. The Bertz CT molecular complexity index is 171. The summed E-state index contributed by atoms with van der Waals surface area (Å²) >= 11 is 0. The molecule has 0 bridgehead atoms. The van der Waals surface area contributed by atoms with Crippen molar-refractivity contribution in [1.82, 2.24) is 5.32 Å². The second-order valence-corrected chi connectivity index (χ2v) is 2.60. The van der Waals surface area contributed by atoms with Crippen LogP contribution in [0.3, 0.4) is 0 Å². The topological polar surface area (TPSA) is 69.0 Å². The van der Waals surface area contributed by atoms with Gasteiger partial charge in [-0.25, -0.2) is 0 Å². The SMILES string of the molecule is COC(=N)C1CNCCC1=N. The van der Waals surface area contributed by atoms with Crippen LogP contribution in [0, 0.1) is 16.7 Å². The van der Waals surface area contributed by atoms with Gasteiger partial charge in [0, 0.05) is 18.8 Å². The normalized spacial score (nSPS) is 24.8. The minimum absolute atomic E-state index is 0.131. The van der Waals surface area contributed by atoms with Crippen molar-refractivity contribution in [2.75, 3.05) is 20.2 Å². The van der Waals surface area contributed by atoms with Crippen LogP contribution in [0.5, 0.6) is 0 Å². The fourth-order valence-corrected chi connectivity index (χ4v) is 1.16. The molecular formula is C7H13N3O. The second kappa shape index (κ2) is 3.48. The first-order valence-corrected chi connectivity index (χ1v) is 3.66. The molecule has 1 fully saturated rings. The maximum Gasteiger partial charge on any atom is 0.190 e. The lowest BCUT2D eigenvalue weighted by molar-refractivity contribution is 0.369. The summed E-state index contributed by atoms with van der Waals surface area (Å²) in [5, 5.41) is 18.0. The Hall–Kier alpha value is -0.900. The van der Waals surface area contributed by atoms with E-state index in [4.69, 9.17) is 15.6 Å². The van der Waals surface area contributed by atoms with Crippen LogP contribution in [0.1, 0.15) is 6.42 Å². The molecule has 11 heavy (non-hydrogen) atoms. The summed E-state index contributed by atoms with van der Waals surface area (Å²) in [6, 6.07) is 0. The van der Waals surface area contributed by atoms with Crippen LogP contribution in [-0.4, -0.2) is 31.8 Å². The molecule has 0 amide bonds. The van der Waals surface area contributed by atoms with Gasteiger partial charge in [-0.2, -0.15) is 0 Å². The number of hydrogen-bond acceptors (Lipinski definition) is 4. The van der Waals surface area contributed by atoms with E-state index in [9.17, 15) is 0 Å². The Morgan fingerprint density at radius 2 is 2.45 bits per heavy atom. The molecule has 0 aromatic rings. The summed E-state index contributed by atoms with van der Waals surface area (Å²) in [6.45, 7) is 1.53. The minimum Gasteiger partial charge on any atom is -0.484 e. The third kappa shape index (κ3) is 1.77. The monoisotopic (exact) mass is 155 g/mol. The molecule has 0 spiro atoms. The molecule has 62 valence electrons. The number of rotatable bonds is 1. The van der Waals surface area contributed by atoms with Gasteiger partial charge in [0.05, 0.1) is 13.0 Å². The van der Waals surface area contributed by atoms with Gasteiger partial charge in [0.1, 0.15) is 0 Å². The van der Waals surface area contributed by atoms with Crippen molar-refractivity contribution in [3.8, 4) is 0 Å². The van der Waals surface area contributed by atoms with E-state index in [1.165, 1.54) is 7.11 Å². The third-order valence-corrected chi connectivity index (χ3v) is 1.88. The zero-order valence-corrected chi connectivity index (χ0v) is 6.61. The lowest BCUT2D eigenvalue weighted by Crippen LogP contribution is -2.41. The summed E-state index contributed by atoms with van der Waals surface area (Å²) in [7, 11) is 1.48. The molecule has 0 aromatic carbocycles. The van der Waals surface area contributed by atoms with Crippen LogP contribution in [0.15, 0.2) is 0 Å². The summed E-state index contributed by atoms with van der Waals surface area (Å²) in [5.74, 6) is 0.0657. The van der Waals surface area contributed by atoms with Crippen LogP contribution in [0.2, 0.25) is 0 Å². The first-order valence-electron chi connectivity index (χ1n) is 3.66. The summed E-state index contributed by atoms with van der Waals surface area (Å²) in [4.78, 5) is 0. The van der Waals surface area contributed by atoms with Crippen LogP contribution in [-0.2, 0) is 4.74 Å². The highest BCUT2D eigenvalue weighted by molar-refractivity contribution is 6.02. The largest absolute Gasteiger partial charge is 0.484 e. The lowest BCUT2D eigenvalue weighted by atomic mass is 9.97. The highest BCUT2D eigenvalue weighted by Gasteiger charge is 2.23. The molecule has 0 aromatic heterocycles. The van der Waals surface area contributed by atoms with Gasteiger partial charge in [-0.15, -0.1) is 0 Å². The number of nitrogens with one attached hydrogen (secondary N) is 3. The second-order valence-electron chi connectivity index (χ2n) is 2.60. The molecule has 1 heterocycles. The number of piperidine rings is 1. The molecule has 0 aliphatic carbocycles. The third-order valence-electron chi connectivity index (χ3n) is 1.88. The quantitative estimate of drug-likeness (QED) is 0.375. The van der Waals surface area contributed by atoms with Crippen molar-refractivity contribution in [1.29, 1.82) is 10.8 Å². The van der Waals surface area contributed by atoms with Crippen molar-refractivity contribution in [2.45, 2.75) is 6.42 Å². The highest BCUT2D eigenvalue weighted by Crippen LogP contribution is 2.07. The summed E-state index contributed by atoms with van der Waals surface area (Å²) < 4.78 is 4.76. The zero-order valence-electron chi connectivity index (χ0n) is 6.61. The van der Waals surface area contributed by atoms with Gasteiger partial charge in [-0.3, -0.25) is 5.41 Å². The van der Waals surface area contributed by atoms with Crippen molar-refractivity contribution < 1.29 is 4.74 Å². The highest BCUT2D eigenvalue weighted by atomic mass is 16.5. The standard InChI is InChI=1S/C7H13N3O/c1-11-7(9)5-4-10-3-2-6(5)8/h5,8-10H,2-4H2,1H3. The van der Waals surface area contributed by atoms with Gasteiger partial charge in [-0.1, -0.05) is 0 Å². The predicted molar refractivity (Wildman–Crippen MR) is 43.4 cm³/mol. The Balaban J connectivity index is 2.54. The van der Waals surface area contributed by atoms with Gasteiger partial charge in [-0.05, 0) is 6.42 Å². The van der Waals surface area contributed by atoms with E-state index in [0.29, 0.717) is 12.3 Å². The average molecular weight is 155 g/mol. The van der Waals surface area contributed by atoms with Crippen LogP contribution >= 0.6 is 0 Å². The van der Waals surface area contributed by atoms with Crippen LogP contribution in [0.25, 0.3) is 0 Å². The Morgan fingerprint density at radius 1 is 1.73 bits per heavy atom. The fraction of sp³-hybridized carbons (Fsp3) is 0.714. The van der Waals surface area contributed by atoms with Crippen molar-refractivity contribution in [3.63, 3.8) is 0 Å². The molecule has 1 aliphatic rings. The first-order chi connectivity index (χ1) is 5.25. The molecule has 1 rings (SSSR count). The van der Waals surface area contributed by atoms with Crippen LogP contribution < -0.4 is 5.32 Å². The Morgan fingerprint density at radius 3 is 3.00 bits per heavy atom. The summed E-state index contributed by atoms with van der Waals surface area (Å²) in [5.41, 5.74) is 0.607. The van der Waals surface area contributed by atoms with E-state index in [1.54, 1.807) is 0 Å². The zero-order chi connectivity index (χ0) is 8.27. The molecule has 1 unspecified atom stereocenters. The molecule has 4 nitrogen and oxygen atoms in total. The predicted octanol–water partition coefficient (Wildman–Crippen LogP) is 0.239. The number of ether oxygens (including phenoxy) is 1. The molecule has 4 heteroatoms. The molecule has 3 N–H and O–H groups in total. The van der Waals surface area contributed by atoms with Gasteiger partial charge < -0.3 is 15.5 Å². The average Bonchev–Trinajstić information content (AvgIpc) is 2.04. The van der Waals surface area contributed by atoms with Gasteiger partial charge in [0.25, 0.3) is 0 Å². The smallest absolute Gasteiger partial charge is 0.190 e. The number of hydrogen-bond donors (Lipinski definition) is 3. The molecule has 1 saturated heterocycles. The molecule has 0 saturated carbocycles.